The lowest BCUT2D eigenvalue weighted by molar-refractivity contribution is -0.385. The number of hydrogen-bond donors (Lipinski definition) is 1. The maximum absolute atomic E-state index is 12.9. The maximum atomic E-state index is 12.9. The van der Waals surface area contributed by atoms with Crippen molar-refractivity contribution in [1.82, 2.24) is 10.2 Å². The lowest BCUT2D eigenvalue weighted by Crippen LogP contribution is -2.13. The lowest BCUT2D eigenvalue weighted by atomic mass is 10.1. The highest BCUT2D eigenvalue weighted by Crippen LogP contribution is 2.27. The SMILES string of the molecule is O=C(Nc1nnc(-c2ccc(F)cc2)s1)c1ccccc1[N+](=O)[O-]. The van der Waals surface area contributed by atoms with E-state index in [0.717, 1.165) is 11.3 Å². The van der Waals surface area contributed by atoms with E-state index in [-0.39, 0.29) is 22.2 Å². The van der Waals surface area contributed by atoms with Crippen molar-refractivity contribution in [1.29, 1.82) is 0 Å². The number of halogens is 1. The molecule has 0 saturated heterocycles. The van der Waals surface area contributed by atoms with E-state index in [9.17, 15) is 19.3 Å². The Bertz CT molecular complexity index is 911. The molecular weight excluding hydrogens is 335 g/mol. The van der Waals surface area contributed by atoms with Gasteiger partial charge in [0.2, 0.25) is 5.13 Å². The zero-order valence-corrected chi connectivity index (χ0v) is 12.8. The number of para-hydroxylation sites is 1. The first-order valence-electron chi connectivity index (χ1n) is 6.69. The molecule has 120 valence electrons. The van der Waals surface area contributed by atoms with Crippen LogP contribution in [0.1, 0.15) is 10.4 Å². The minimum atomic E-state index is -0.649. The predicted octanol–water partition coefficient (Wildman–Crippen LogP) is 3.50. The number of carbonyl (C=O) groups excluding carboxylic acids is 1. The topological polar surface area (TPSA) is 98.0 Å². The van der Waals surface area contributed by atoms with Crippen LogP contribution in [0.4, 0.5) is 15.2 Å². The first-order chi connectivity index (χ1) is 11.5. The summed E-state index contributed by atoms with van der Waals surface area (Å²) < 4.78 is 12.9. The van der Waals surface area contributed by atoms with E-state index in [0.29, 0.717) is 10.6 Å². The molecule has 24 heavy (non-hydrogen) atoms. The van der Waals surface area contributed by atoms with E-state index >= 15 is 0 Å². The smallest absolute Gasteiger partial charge is 0.282 e. The Balaban J connectivity index is 1.81. The van der Waals surface area contributed by atoms with Crippen LogP contribution < -0.4 is 5.32 Å². The largest absolute Gasteiger partial charge is 0.296 e. The maximum Gasteiger partial charge on any atom is 0.282 e. The van der Waals surface area contributed by atoms with Crippen molar-refractivity contribution in [2.24, 2.45) is 0 Å². The molecule has 0 aliphatic carbocycles. The van der Waals surface area contributed by atoms with Gasteiger partial charge in [0.25, 0.3) is 11.6 Å². The van der Waals surface area contributed by atoms with Gasteiger partial charge in [-0.2, -0.15) is 0 Å². The average molecular weight is 344 g/mol. The molecule has 0 aliphatic heterocycles. The molecule has 0 spiro atoms. The summed E-state index contributed by atoms with van der Waals surface area (Å²) in [6, 6.07) is 11.3. The van der Waals surface area contributed by atoms with Crippen LogP contribution in [0.15, 0.2) is 48.5 Å². The number of nitrogens with zero attached hydrogens (tertiary/aromatic N) is 3. The molecule has 0 radical (unpaired) electrons. The second kappa shape index (κ2) is 6.50. The summed E-state index contributed by atoms with van der Waals surface area (Å²) in [6.45, 7) is 0. The Labute approximate surface area is 138 Å². The van der Waals surface area contributed by atoms with Crippen molar-refractivity contribution in [3.63, 3.8) is 0 Å². The fourth-order valence-corrected chi connectivity index (χ4v) is 2.72. The standard InChI is InChI=1S/C15H9FN4O3S/c16-10-7-5-9(6-8-10)14-18-19-15(24-14)17-13(21)11-3-1-2-4-12(11)20(22)23/h1-8H,(H,17,19,21). The van der Waals surface area contributed by atoms with E-state index in [4.69, 9.17) is 0 Å². The third kappa shape index (κ3) is 3.25. The Morgan fingerprint density at radius 2 is 1.83 bits per heavy atom. The van der Waals surface area contributed by atoms with Gasteiger partial charge < -0.3 is 0 Å². The summed E-state index contributed by atoms with van der Waals surface area (Å²) in [5, 5.41) is 21.9. The molecule has 7 nitrogen and oxygen atoms in total. The van der Waals surface area contributed by atoms with E-state index in [1.807, 2.05) is 0 Å². The first kappa shape index (κ1) is 15.7. The van der Waals surface area contributed by atoms with Crippen LogP contribution in [-0.4, -0.2) is 21.0 Å². The minimum absolute atomic E-state index is 0.0685. The van der Waals surface area contributed by atoms with Crippen LogP contribution in [0.2, 0.25) is 0 Å². The zero-order valence-electron chi connectivity index (χ0n) is 12.0. The molecule has 1 aromatic heterocycles. The van der Waals surface area contributed by atoms with Crippen LogP contribution in [0, 0.1) is 15.9 Å². The number of nitro benzene ring substituents is 1. The van der Waals surface area contributed by atoms with Gasteiger partial charge in [-0.1, -0.05) is 23.5 Å². The van der Waals surface area contributed by atoms with Gasteiger partial charge >= 0.3 is 0 Å². The molecule has 0 saturated carbocycles. The van der Waals surface area contributed by atoms with Crippen molar-refractivity contribution in [3.8, 4) is 10.6 Å². The Morgan fingerprint density at radius 3 is 2.54 bits per heavy atom. The van der Waals surface area contributed by atoms with Crippen molar-refractivity contribution < 1.29 is 14.1 Å². The Morgan fingerprint density at radius 1 is 1.12 bits per heavy atom. The predicted molar refractivity (Wildman–Crippen MR) is 86.4 cm³/mol. The highest BCUT2D eigenvalue weighted by Gasteiger charge is 2.20. The monoisotopic (exact) mass is 344 g/mol. The van der Waals surface area contributed by atoms with E-state index < -0.39 is 10.8 Å². The number of amides is 1. The minimum Gasteiger partial charge on any atom is -0.296 e. The van der Waals surface area contributed by atoms with E-state index in [2.05, 4.69) is 15.5 Å². The molecule has 0 aliphatic rings. The van der Waals surface area contributed by atoms with Crippen LogP contribution in [0.3, 0.4) is 0 Å². The number of carbonyl (C=O) groups is 1. The van der Waals surface area contributed by atoms with Crippen molar-refractivity contribution >= 4 is 28.1 Å². The zero-order chi connectivity index (χ0) is 17.1. The second-order valence-corrected chi connectivity index (χ2v) is 5.63. The number of rotatable bonds is 4. The summed E-state index contributed by atoms with van der Waals surface area (Å²) >= 11 is 1.08. The summed E-state index contributed by atoms with van der Waals surface area (Å²) in [5.41, 5.74) is 0.291. The van der Waals surface area contributed by atoms with Crippen molar-refractivity contribution in [2.45, 2.75) is 0 Å². The van der Waals surface area contributed by atoms with Gasteiger partial charge in [-0.3, -0.25) is 20.2 Å². The quantitative estimate of drug-likeness (QED) is 0.577. The molecular formula is C15H9FN4O3S. The molecule has 0 fully saturated rings. The number of nitro groups is 1. The summed E-state index contributed by atoms with van der Waals surface area (Å²) in [7, 11) is 0. The number of aromatic nitrogens is 2. The molecule has 1 N–H and O–H groups in total. The lowest BCUT2D eigenvalue weighted by Gasteiger charge is -2.01. The Kier molecular flexibility index (Phi) is 4.25. The number of anilines is 1. The normalized spacial score (nSPS) is 10.4. The van der Waals surface area contributed by atoms with Gasteiger partial charge in [-0.05, 0) is 30.3 Å². The Hall–Kier alpha value is -3.20. The molecule has 9 heteroatoms. The van der Waals surface area contributed by atoms with Gasteiger partial charge in [0, 0.05) is 11.6 Å². The van der Waals surface area contributed by atoms with Crippen LogP contribution >= 0.6 is 11.3 Å². The molecule has 1 amide bonds. The molecule has 0 unspecified atom stereocenters. The molecule has 0 bridgehead atoms. The van der Waals surface area contributed by atoms with Gasteiger partial charge in [-0.15, -0.1) is 10.2 Å². The van der Waals surface area contributed by atoms with Gasteiger partial charge in [0.1, 0.15) is 16.4 Å². The van der Waals surface area contributed by atoms with E-state index in [1.165, 1.54) is 36.4 Å². The number of benzene rings is 2. The van der Waals surface area contributed by atoms with Crippen LogP contribution in [0.25, 0.3) is 10.6 Å². The van der Waals surface area contributed by atoms with Crippen molar-refractivity contribution in [2.75, 3.05) is 5.32 Å². The third-order valence-corrected chi connectivity index (χ3v) is 3.97. The third-order valence-electron chi connectivity index (χ3n) is 3.08. The summed E-state index contributed by atoms with van der Waals surface area (Å²) in [4.78, 5) is 22.5. The summed E-state index contributed by atoms with van der Waals surface area (Å²) in [5.74, 6) is -1.02. The first-order valence-corrected chi connectivity index (χ1v) is 7.50. The fourth-order valence-electron chi connectivity index (χ4n) is 1.97. The molecule has 2 aromatic carbocycles. The second-order valence-electron chi connectivity index (χ2n) is 4.65. The van der Waals surface area contributed by atoms with Crippen LogP contribution in [-0.2, 0) is 0 Å². The van der Waals surface area contributed by atoms with E-state index in [1.54, 1.807) is 12.1 Å². The average Bonchev–Trinajstić information content (AvgIpc) is 3.04. The fraction of sp³-hybridized carbons (Fsp3) is 0. The molecule has 3 aromatic rings. The summed E-state index contributed by atoms with van der Waals surface area (Å²) in [6.07, 6.45) is 0. The number of nitrogens with one attached hydrogen (secondary N) is 1. The van der Waals surface area contributed by atoms with Crippen molar-refractivity contribution in [3.05, 3.63) is 70.0 Å². The molecule has 3 rings (SSSR count). The van der Waals surface area contributed by atoms with Crippen LogP contribution in [0.5, 0.6) is 0 Å². The number of hydrogen-bond acceptors (Lipinski definition) is 6. The highest BCUT2D eigenvalue weighted by molar-refractivity contribution is 7.18. The van der Waals surface area contributed by atoms with Gasteiger partial charge in [-0.25, -0.2) is 4.39 Å². The highest BCUT2D eigenvalue weighted by atomic mass is 32.1. The van der Waals surface area contributed by atoms with Gasteiger partial charge in [0.05, 0.1) is 4.92 Å². The van der Waals surface area contributed by atoms with Gasteiger partial charge in [0.15, 0.2) is 0 Å². The molecule has 0 atom stereocenters. The molecule has 1 heterocycles.